The zero-order chi connectivity index (χ0) is 16.2. The van der Waals surface area contributed by atoms with Gasteiger partial charge in [-0.05, 0) is 74.5 Å². The van der Waals surface area contributed by atoms with E-state index in [9.17, 15) is 10.2 Å². The van der Waals surface area contributed by atoms with Crippen LogP contribution in [0.5, 0.6) is 0 Å². The Kier molecular flexibility index (Phi) is 3.67. The van der Waals surface area contributed by atoms with Gasteiger partial charge in [-0.15, -0.1) is 12.3 Å². The molecule has 2 N–H and O–H groups in total. The fourth-order valence-corrected chi connectivity index (χ4v) is 7.02. The number of aliphatic hydroxyl groups excluding tert-OH is 2. The summed E-state index contributed by atoms with van der Waals surface area (Å²) >= 11 is 0. The van der Waals surface area contributed by atoms with E-state index >= 15 is 0 Å². The maximum atomic E-state index is 10.7. The van der Waals surface area contributed by atoms with E-state index in [0.29, 0.717) is 11.8 Å². The van der Waals surface area contributed by atoms with Crippen LogP contribution < -0.4 is 0 Å². The summed E-state index contributed by atoms with van der Waals surface area (Å²) in [7, 11) is 0. The van der Waals surface area contributed by atoms with Crippen LogP contribution in [0.4, 0.5) is 0 Å². The van der Waals surface area contributed by atoms with Crippen LogP contribution in [-0.2, 0) is 0 Å². The van der Waals surface area contributed by atoms with Gasteiger partial charge in [0.15, 0.2) is 0 Å². The molecule has 0 aliphatic heterocycles. The first-order valence-electron chi connectivity index (χ1n) is 9.52. The maximum absolute atomic E-state index is 10.7. The molecular formula is C21H30O2. The molecule has 2 nitrogen and oxygen atoms in total. The summed E-state index contributed by atoms with van der Waals surface area (Å²) in [6.07, 6.45) is 17.0. The lowest BCUT2D eigenvalue weighted by Gasteiger charge is -2.58. The van der Waals surface area contributed by atoms with Crippen molar-refractivity contribution in [3.05, 3.63) is 11.6 Å². The second-order valence-corrected chi connectivity index (χ2v) is 8.88. The average Bonchev–Trinajstić information content (AvgIpc) is 2.86. The van der Waals surface area contributed by atoms with Gasteiger partial charge in [0.1, 0.15) is 0 Å². The van der Waals surface area contributed by atoms with Crippen LogP contribution in [0.2, 0.25) is 0 Å². The Hall–Kier alpha value is -0.780. The molecular weight excluding hydrogens is 284 g/mol. The van der Waals surface area contributed by atoms with Crippen molar-refractivity contribution in [1.82, 2.24) is 0 Å². The van der Waals surface area contributed by atoms with E-state index in [-0.39, 0.29) is 23.0 Å². The van der Waals surface area contributed by atoms with Crippen molar-refractivity contribution in [2.24, 2.45) is 28.6 Å². The van der Waals surface area contributed by atoms with Crippen molar-refractivity contribution in [3.63, 3.8) is 0 Å². The van der Waals surface area contributed by atoms with Crippen LogP contribution in [-0.4, -0.2) is 22.4 Å². The van der Waals surface area contributed by atoms with Crippen molar-refractivity contribution in [1.29, 1.82) is 0 Å². The average molecular weight is 314 g/mol. The van der Waals surface area contributed by atoms with Gasteiger partial charge in [0.25, 0.3) is 0 Å². The van der Waals surface area contributed by atoms with E-state index in [1.165, 1.54) is 18.4 Å². The Balaban J connectivity index is 1.68. The maximum Gasteiger partial charge on any atom is 0.0724 e. The molecule has 0 aromatic heterocycles. The van der Waals surface area contributed by atoms with Gasteiger partial charge in [-0.2, -0.15) is 0 Å². The quantitative estimate of drug-likeness (QED) is 0.572. The van der Waals surface area contributed by atoms with Crippen LogP contribution in [0.25, 0.3) is 0 Å². The van der Waals surface area contributed by atoms with Gasteiger partial charge >= 0.3 is 0 Å². The molecule has 23 heavy (non-hydrogen) atoms. The fraction of sp³-hybridized carbons (Fsp3) is 0.810. The first-order chi connectivity index (χ1) is 11.0. The lowest BCUT2D eigenvalue weighted by Crippen LogP contribution is -2.52. The zero-order valence-corrected chi connectivity index (χ0v) is 14.3. The number of fused-ring (bicyclic) bond motifs is 5. The first-order valence-corrected chi connectivity index (χ1v) is 9.52. The zero-order valence-electron chi connectivity index (χ0n) is 14.3. The SMILES string of the molecule is C#CC[C@]12CC[C@H]3[C@@H](CCC4=C[C@@H](O)CC[C@@]43C)[C@@H]1CC[C@@H]2O. The highest BCUT2D eigenvalue weighted by Gasteiger charge is 2.60. The highest BCUT2D eigenvalue weighted by Crippen LogP contribution is 2.66. The fourth-order valence-electron chi connectivity index (χ4n) is 7.02. The molecule has 0 saturated heterocycles. The molecule has 3 saturated carbocycles. The van der Waals surface area contributed by atoms with Crippen molar-refractivity contribution < 1.29 is 10.2 Å². The monoisotopic (exact) mass is 314 g/mol. The highest BCUT2D eigenvalue weighted by molar-refractivity contribution is 5.26. The Morgan fingerprint density at radius 1 is 1.13 bits per heavy atom. The highest BCUT2D eigenvalue weighted by atomic mass is 16.3. The molecule has 7 atom stereocenters. The summed E-state index contributed by atoms with van der Waals surface area (Å²) in [6, 6.07) is 0. The molecule has 4 aliphatic carbocycles. The third-order valence-electron chi connectivity index (χ3n) is 8.19. The molecule has 0 bridgehead atoms. The molecule has 2 heteroatoms. The van der Waals surface area contributed by atoms with Gasteiger partial charge in [-0.25, -0.2) is 0 Å². The van der Waals surface area contributed by atoms with Crippen LogP contribution >= 0.6 is 0 Å². The van der Waals surface area contributed by atoms with E-state index in [0.717, 1.165) is 50.9 Å². The minimum absolute atomic E-state index is 0.00166. The second-order valence-electron chi connectivity index (χ2n) is 8.88. The van der Waals surface area contributed by atoms with E-state index in [1.54, 1.807) is 0 Å². The van der Waals surface area contributed by atoms with Crippen LogP contribution in [0.15, 0.2) is 11.6 Å². The molecule has 0 unspecified atom stereocenters. The molecule has 3 fully saturated rings. The predicted molar refractivity (Wildman–Crippen MR) is 91.5 cm³/mol. The largest absolute Gasteiger partial charge is 0.393 e. The van der Waals surface area contributed by atoms with E-state index < -0.39 is 0 Å². The summed E-state index contributed by atoms with van der Waals surface area (Å²) in [4.78, 5) is 0. The van der Waals surface area contributed by atoms with Crippen molar-refractivity contribution >= 4 is 0 Å². The van der Waals surface area contributed by atoms with Crippen molar-refractivity contribution in [2.45, 2.75) is 76.9 Å². The van der Waals surface area contributed by atoms with Gasteiger partial charge in [-0.3, -0.25) is 0 Å². The topological polar surface area (TPSA) is 40.5 Å². The Morgan fingerprint density at radius 2 is 1.96 bits per heavy atom. The number of hydrogen-bond acceptors (Lipinski definition) is 2. The Bertz CT molecular complexity index is 559. The van der Waals surface area contributed by atoms with Crippen LogP contribution in [0, 0.1) is 40.9 Å². The lowest BCUT2D eigenvalue weighted by molar-refractivity contribution is -0.0832. The standard InChI is InChI=1S/C21H30O2/c1-3-10-21-12-9-17-16(18(21)6-7-19(21)23)5-4-14-13-15(22)8-11-20(14,17)2/h1,13,15-19,22-23H,4-12H2,2H3/t15-,16+,17-,18-,19-,20-,21-/m0/s1. The smallest absolute Gasteiger partial charge is 0.0724 e. The molecule has 4 rings (SSSR count). The molecule has 0 aromatic rings. The van der Waals surface area contributed by atoms with Crippen LogP contribution in [0.3, 0.4) is 0 Å². The number of terminal acetylenes is 1. The molecule has 0 aromatic carbocycles. The Labute approximate surface area is 140 Å². The molecule has 126 valence electrons. The summed E-state index contributed by atoms with van der Waals surface area (Å²) in [5.74, 6) is 4.93. The third-order valence-corrected chi connectivity index (χ3v) is 8.19. The Morgan fingerprint density at radius 3 is 2.74 bits per heavy atom. The molecule has 4 aliphatic rings. The van der Waals surface area contributed by atoms with Gasteiger partial charge < -0.3 is 10.2 Å². The normalized spacial score (nSPS) is 51.9. The van der Waals surface area contributed by atoms with E-state index in [1.807, 2.05) is 0 Å². The van der Waals surface area contributed by atoms with Gasteiger partial charge in [-0.1, -0.05) is 18.6 Å². The number of allylic oxidation sites excluding steroid dienone is 1. The molecule has 0 spiro atoms. The number of aliphatic hydroxyl groups is 2. The summed E-state index contributed by atoms with van der Waals surface area (Å²) in [5.41, 5.74) is 1.79. The second kappa shape index (κ2) is 5.36. The van der Waals surface area contributed by atoms with Gasteiger partial charge in [0, 0.05) is 11.8 Å². The summed E-state index contributed by atoms with van der Waals surface area (Å²) in [6.45, 7) is 2.45. The van der Waals surface area contributed by atoms with Crippen molar-refractivity contribution in [2.75, 3.05) is 0 Å². The van der Waals surface area contributed by atoms with Gasteiger partial charge in [0.2, 0.25) is 0 Å². The molecule has 0 radical (unpaired) electrons. The third kappa shape index (κ3) is 2.09. The number of hydrogen-bond donors (Lipinski definition) is 2. The first kappa shape index (κ1) is 15.7. The minimum atomic E-state index is -0.230. The van der Waals surface area contributed by atoms with E-state index in [4.69, 9.17) is 6.42 Å². The van der Waals surface area contributed by atoms with Crippen LogP contribution in [0.1, 0.15) is 64.7 Å². The summed E-state index contributed by atoms with van der Waals surface area (Å²) < 4.78 is 0. The number of rotatable bonds is 1. The van der Waals surface area contributed by atoms with E-state index in [2.05, 4.69) is 18.9 Å². The lowest BCUT2D eigenvalue weighted by atomic mass is 9.46. The summed E-state index contributed by atoms with van der Waals surface area (Å²) in [5, 5.41) is 20.7. The minimum Gasteiger partial charge on any atom is -0.393 e. The predicted octanol–water partition coefficient (Wildman–Crippen LogP) is 3.67. The van der Waals surface area contributed by atoms with Gasteiger partial charge in [0.05, 0.1) is 12.2 Å². The molecule has 0 amide bonds. The molecule has 0 heterocycles. The van der Waals surface area contributed by atoms with Crippen molar-refractivity contribution in [3.8, 4) is 12.3 Å².